The lowest BCUT2D eigenvalue weighted by atomic mass is 9.97. The molecule has 1 aliphatic heterocycles. The maximum absolute atomic E-state index is 13.2. The predicted octanol–water partition coefficient (Wildman–Crippen LogP) is 4.14. The number of amides is 1. The molecule has 1 aliphatic rings. The molecule has 4 rings (SSSR count). The summed E-state index contributed by atoms with van der Waals surface area (Å²) in [4.78, 5) is 35.9. The Kier molecular flexibility index (Phi) is 7.68. The van der Waals surface area contributed by atoms with Gasteiger partial charge in [-0.1, -0.05) is 19.1 Å². The van der Waals surface area contributed by atoms with E-state index in [0.29, 0.717) is 29.5 Å². The highest BCUT2D eigenvalue weighted by molar-refractivity contribution is 7.90. The molecule has 2 N–H and O–H groups in total. The summed E-state index contributed by atoms with van der Waals surface area (Å²) in [6.07, 6.45) is 2.52. The van der Waals surface area contributed by atoms with Crippen LogP contribution in [0.1, 0.15) is 54.8 Å². The average Bonchev–Trinajstić information content (AvgIpc) is 3.15. The van der Waals surface area contributed by atoms with Gasteiger partial charge in [0, 0.05) is 24.0 Å². The Morgan fingerprint density at radius 3 is 2.61 bits per heavy atom. The van der Waals surface area contributed by atoms with Crippen molar-refractivity contribution in [2.45, 2.75) is 44.7 Å². The van der Waals surface area contributed by atoms with Crippen molar-refractivity contribution in [1.29, 1.82) is 0 Å². The summed E-state index contributed by atoms with van der Waals surface area (Å²) in [5.74, 6) is -0.185. The smallest absolute Gasteiger partial charge is 0.338 e. The predicted molar refractivity (Wildman–Crippen MR) is 144 cm³/mol. The molecule has 0 radical (unpaired) electrons. The molecule has 1 atom stereocenters. The van der Waals surface area contributed by atoms with Crippen molar-refractivity contribution < 1.29 is 22.7 Å². The van der Waals surface area contributed by atoms with Gasteiger partial charge in [0.25, 0.3) is 15.9 Å². The minimum atomic E-state index is -4.30. The summed E-state index contributed by atoms with van der Waals surface area (Å²) in [5, 5.41) is 2.65. The molecule has 1 saturated heterocycles. The number of sulfonamides is 1. The van der Waals surface area contributed by atoms with E-state index in [-0.39, 0.29) is 28.6 Å². The molecular weight excluding hydrogens is 506 g/mol. The summed E-state index contributed by atoms with van der Waals surface area (Å²) in [5.41, 5.74) is 0.802. The van der Waals surface area contributed by atoms with Gasteiger partial charge < -0.3 is 15.0 Å². The zero-order valence-electron chi connectivity index (χ0n) is 21.8. The van der Waals surface area contributed by atoms with Crippen molar-refractivity contribution in [3.05, 3.63) is 71.9 Å². The molecule has 3 heterocycles. The molecule has 0 saturated carbocycles. The van der Waals surface area contributed by atoms with Crippen molar-refractivity contribution in [3.8, 4) is 0 Å². The van der Waals surface area contributed by atoms with E-state index in [0.717, 1.165) is 6.42 Å². The Morgan fingerprint density at radius 2 is 1.89 bits per heavy atom. The summed E-state index contributed by atoms with van der Waals surface area (Å²) in [6, 6.07) is 14.1. The van der Waals surface area contributed by atoms with E-state index in [1.54, 1.807) is 55.6 Å². The van der Waals surface area contributed by atoms with Crippen LogP contribution in [-0.2, 0) is 14.8 Å². The van der Waals surface area contributed by atoms with Gasteiger partial charge in [0.15, 0.2) is 5.03 Å². The van der Waals surface area contributed by atoms with Gasteiger partial charge in [0.2, 0.25) is 0 Å². The molecule has 0 spiro atoms. The number of anilines is 3. The fourth-order valence-electron chi connectivity index (χ4n) is 4.70. The van der Waals surface area contributed by atoms with Gasteiger partial charge in [-0.25, -0.2) is 19.5 Å². The normalized spacial score (nSPS) is 16.6. The van der Waals surface area contributed by atoms with Crippen molar-refractivity contribution in [3.63, 3.8) is 0 Å². The Balaban J connectivity index is 1.54. The number of nitrogens with zero attached hydrogens (tertiary/aromatic N) is 3. The van der Waals surface area contributed by atoms with Crippen molar-refractivity contribution in [2.24, 2.45) is 5.92 Å². The number of hydrogen-bond donors (Lipinski definition) is 2. The van der Waals surface area contributed by atoms with Gasteiger partial charge in [-0.05, 0) is 75.6 Å². The standard InChI is InChI=1S/C27H31N5O5S/c1-5-37-26(34)19-9-6-10-20(15-19)29-22-12-7-13-23(30-22)38(35,36)31-25(33)21-11-8-14-28-24(21)32-17-18(2)16-27(32,3)4/h6-15,18H,5,16-17H2,1-4H3,(H,29,30)(H,31,33). The number of hydrogen-bond acceptors (Lipinski definition) is 9. The maximum Gasteiger partial charge on any atom is 0.338 e. The third kappa shape index (κ3) is 5.94. The van der Waals surface area contributed by atoms with E-state index in [1.165, 1.54) is 12.1 Å². The summed E-state index contributed by atoms with van der Waals surface area (Å²) in [6.45, 7) is 8.97. The second-order valence-corrected chi connectivity index (χ2v) is 11.5. The number of ether oxygens (including phenoxy) is 1. The molecule has 1 amide bonds. The molecule has 3 aromatic rings. The second kappa shape index (κ2) is 10.8. The number of nitrogens with one attached hydrogen (secondary N) is 2. The van der Waals surface area contributed by atoms with Crippen molar-refractivity contribution in [2.75, 3.05) is 23.4 Å². The fourth-order valence-corrected chi connectivity index (χ4v) is 5.63. The monoisotopic (exact) mass is 537 g/mol. The molecular formula is C27H31N5O5S. The van der Waals surface area contributed by atoms with E-state index in [2.05, 4.69) is 40.8 Å². The van der Waals surface area contributed by atoms with E-state index in [4.69, 9.17) is 4.74 Å². The topological polar surface area (TPSA) is 131 Å². The van der Waals surface area contributed by atoms with Crippen LogP contribution in [0.5, 0.6) is 0 Å². The Bertz CT molecular complexity index is 1460. The van der Waals surface area contributed by atoms with Crippen LogP contribution in [0.4, 0.5) is 17.3 Å². The van der Waals surface area contributed by atoms with Crippen LogP contribution in [0.15, 0.2) is 65.8 Å². The quantitative estimate of drug-likeness (QED) is 0.407. The van der Waals surface area contributed by atoms with Crippen LogP contribution in [0.3, 0.4) is 0 Å². The minimum absolute atomic E-state index is 0.170. The average molecular weight is 538 g/mol. The van der Waals surface area contributed by atoms with E-state index < -0.39 is 21.9 Å². The Labute approximate surface area is 222 Å². The van der Waals surface area contributed by atoms with Crippen LogP contribution in [0.25, 0.3) is 0 Å². The third-order valence-corrected chi connectivity index (χ3v) is 7.46. The number of benzene rings is 1. The number of aromatic nitrogens is 2. The molecule has 10 nitrogen and oxygen atoms in total. The van der Waals surface area contributed by atoms with E-state index >= 15 is 0 Å². The maximum atomic E-state index is 13.2. The second-order valence-electron chi connectivity index (χ2n) is 9.83. The molecule has 1 aromatic carbocycles. The van der Waals surface area contributed by atoms with Crippen LogP contribution in [0.2, 0.25) is 0 Å². The lowest BCUT2D eigenvalue weighted by Gasteiger charge is -2.33. The summed E-state index contributed by atoms with van der Waals surface area (Å²) < 4.78 is 33.4. The van der Waals surface area contributed by atoms with Gasteiger partial charge in [-0.3, -0.25) is 4.79 Å². The van der Waals surface area contributed by atoms with E-state index in [9.17, 15) is 18.0 Å². The largest absolute Gasteiger partial charge is 0.462 e. The van der Waals surface area contributed by atoms with Gasteiger partial charge in [-0.2, -0.15) is 8.42 Å². The SMILES string of the molecule is CCOC(=O)c1cccc(Nc2cccc(S(=O)(=O)NC(=O)c3cccnc3N3CC(C)CC3(C)C)n2)c1. The molecule has 38 heavy (non-hydrogen) atoms. The first-order valence-corrected chi connectivity index (χ1v) is 13.8. The molecule has 1 fully saturated rings. The van der Waals surface area contributed by atoms with Gasteiger partial charge in [0.1, 0.15) is 11.6 Å². The molecule has 200 valence electrons. The zero-order chi connectivity index (χ0) is 27.5. The van der Waals surface area contributed by atoms with Crippen molar-refractivity contribution >= 4 is 39.2 Å². The molecule has 0 aliphatic carbocycles. The van der Waals surface area contributed by atoms with Crippen LogP contribution in [0, 0.1) is 5.92 Å². The number of carbonyl (C=O) groups is 2. The summed E-state index contributed by atoms with van der Waals surface area (Å²) >= 11 is 0. The highest BCUT2D eigenvalue weighted by Gasteiger charge is 2.39. The fraction of sp³-hybridized carbons (Fsp3) is 0.333. The number of pyridine rings is 2. The number of rotatable bonds is 8. The zero-order valence-corrected chi connectivity index (χ0v) is 22.6. The minimum Gasteiger partial charge on any atom is -0.462 e. The number of carbonyl (C=O) groups excluding carboxylic acids is 2. The summed E-state index contributed by atoms with van der Waals surface area (Å²) in [7, 11) is -4.30. The first kappa shape index (κ1) is 27.1. The molecule has 1 unspecified atom stereocenters. The first-order chi connectivity index (χ1) is 18.0. The number of esters is 1. The van der Waals surface area contributed by atoms with Gasteiger partial charge >= 0.3 is 5.97 Å². The molecule has 11 heteroatoms. The first-order valence-electron chi connectivity index (χ1n) is 12.3. The Hall–Kier alpha value is -3.99. The highest BCUT2D eigenvalue weighted by Crippen LogP contribution is 2.37. The lowest BCUT2D eigenvalue weighted by molar-refractivity contribution is 0.0526. The van der Waals surface area contributed by atoms with Crippen LogP contribution in [-0.4, -0.2) is 49.0 Å². The van der Waals surface area contributed by atoms with Crippen LogP contribution >= 0.6 is 0 Å². The molecule has 0 bridgehead atoms. The lowest BCUT2D eigenvalue weighted by Crippen LogP contribution is -2.41. The third-order valence-electron chi connectivity index (χ3n) is 6.23. The molecule has 2 aromatic heterocycles. The van der Waals surface area contributed by atoms with Gasteiger partial charge in [0.05, 0.1) is 17.7 Å². The highest BCUT2D eigenvalue weighted by atomic mass is 32.2. The van der Waals surface area contributed by atoms with Crippen LogP contribution < -0.4 is 14.9 Å². The Morgan fingerprint density at radius 1 is 1.13 bits per heavy atom. The van der Waals surface area contributed by atoms with E-state index in [1.807, 2.05) is 4.90 Å². The van der Waals surface area contributed by atoms with Crippen molar-refractivity contribution in [1.82, 2.24) is 14.7 Å². The van der Waals surface area contributed by atoms with Gasteiger partial charge in [-0.15, -0.1) is 0 Å².